The molecule has 1 fully saturated rings. The van der Waals surface area contributed by atoms with E-state index in [1.165, 1.54) is 0 Å². The number of rotatable bonds is 6. The molecule has 2 heterocycles. The molecule has 0 unspecified atom stereocenters. The van der Waals surface area contributed by atoms with Crippen molar-refractivity contribution in [3.05, 3.63) is 11.8 Å². The maximum absolute atomic E-state index is 12.9. The van der Waals surface area contributed by atoms with Crippen LogP contribution in [0.1, 0.15) is 25.5 Å². The normalized spacial score (nSPS) is 20.0. The highest BCUT2D eigenvalue weighted by atomic mass is 19.4. The molecule has 0 aliphatic carbocycles. The second-order valence-electron chi connectivity index (χ2n) is 5.20. The second-order valence-corrected chi connectivity index (χ2v) is 5.20. The molecule has 1 aromatic heterocycles. The van der Waals surface area contributed by atoms with Crippen LogP contribution in [0.2, 0.25) is 0 Å². The SMILES string of the molecule is C[C@H](CO)Nc1nc(NC[C@H]2CCCO2)cc(C(F)(F)F)n1. The minimum atomic E-state index is -4.57. The molecule has 1 aliphatic heterocycles. The van der Waals surface area contributed by atoms with Gasteiger partial charge < -0.3 is 20.5 Å². The van der Waals surface area contributed by atoms with E-state index in [1.54, 1.807) is 6.92 Å². The summed E-state index contributed by atoms with van der Waals surface area (Å²) in [6.45, 7) is 2.44. The third-order valence-electron chi connectivity index (χ3n) is 3.20. The fourth-order valence-corrected chi connectivity index (χ4v) is 2.04. The second kappa shape index (κ2) is 7.10. The van der Waals surface area contributed by atoms with Crippen LogP contribution < -0.4 is 10.6 Å². The van der Waals surface area contributed by atoms with Crippen molar-refractivity contribution in [1.82, 2.24) is 9.97 Å². The van der Waals surface area contributed by atoms with E-state index in [0.29, 0.717) is 13.2 Å². The molecule has 1 saturated heterocycles. The summed E-state index contributed by atoms with van der Waals surface area (Å²) in [5, 5.41) is 14.5. The van der Waals surface area contributed by atoms with E-state index >= 15 is 0 Å². The van der Waals surface area contributed by atoms with E-state index in [1.807, 2.05) is 0 Å². The van der Waals surface area contributed by atoms with Gasteiger partial charge in [-0.05, 0) is 19.8 Å². The monoisotopic (exact) mass is 320 g/mol. The topological polar surface area (TPSA) is 79.3 Å². The maximum atomic E-state index is 12.9. The third kappa shape index (κ3) is 4.70. The van der Waals surface area contributed by atoms with Gasteiger partial charge in [0.25, 0.3) is 0 Å². The Balaban J connectivity index is 2.13. The van der Waals surface area contributed by atoms with Gasteiger partial charge in [-0.15, -0.1) is 0 Å². The summed E-state index contributed by atoms with van der Waals surface area (Å²) in [7, 11) is 0. The van der Waals surface area contributed by atoms with Crippen LogP contribution in [0, 0.1) is 0 Å². The van der Waals surface area contributed by atoms with Crippen molar-refractivity contribution in [3.63, 3.8) is 0 Å². The zero-order valence-electron chi connectivity index (χ0n) is 12.2. The summed E-state index contributed by atoms with van der Waals surface area (Å²) in [4.78, 5) is 7.44. The number of hydrogen-bond acceptors (Lipinski definition) is 6. The quantitative estimate of drug-likeness (QED) is 0.743. The number of nitrogens with zero attached hydrogens (tertiary/aromatic N) is 2. The van der Waals surface area contributed by atoms with Gasteiger partial charge in [0.1, 0.15) is 5.82 Å². The van der Waals surface area contributed by atoms with Crippen LogP contribution in [0.15, 0.2) is 6.07 Å². The van der Waals surface area contributed by atoms with Gasteiger partial charge in [0.2, 0.25) is 5.95 Å². The lowest BCUT2D eigenvalue weighted by Crippen LogP contribution is -2.24. The molecule has 3 N–H and O–H groups in total. The molecule has 0 bridgehead atoms. The Bertz CT molecular complexity index is 493. The largest absolute Gasteiger partial charge is 0.433 e. The number of halogens is 3. The standard InChI is InChI=1S/C13H19F3N4O2/c1-8(7-21)18-12-19-10(13(14,15)16)5-11(20-12)17-6-9-3-2-4-22-9/h5,8-9,21H,2-4,6-7H2,1H3,(H2,17,18,19,20)/t8-,9-/m1/s1. The smallest absolute Gasteiger partial charge is 0.394 e. The Morgan fingerprint density at radius 2 is 2.23 bits per heavy atom. The summed E-state index contributed by atoms with van der Waals surface area (Å²) in [6, 6.07) is 0.415. The van der Waals surface area contributed by atoms with Crippen LogP contribution in [0.4, 0.5) is 24.9 Å². The average molecular weight is 320 g/mol. The lowest BCUT2D eigenvalue weighted by atomic mass is 10.2. The van der Waals surface area contributed by atoms with Gasteiger partial charge in [0.15, 0.2) is 5.69 Å². The van der Waals surface area contributed by atoms with Gasteiger partial charge in [0, 0.05) is 25.3 Å². The van der Waals surface area contributed by atoms with Crippen LogP contribution >= 0.6 is 0 Å². The highest BCUT2D eigenvalue weighted by Gasteiger charge is 2.34. The molecule has 0 amide bonds. The van der Waals surface area contributed by atoms with Gasteiger partial charge in [-0.3, -0.25) is 0 Å². The van der Waals surface area contributed by atoms with E-state index in [4.69, 9.17) is 9.84 Å². The summed E-state index contributed by atoms with van der Waals surface area (Å²) in [5.41, 5.74) is -1.04. The maximum Gasteiger partial charge on any atom is 0.433 e. The molecule has 2 rings (SSSR count). The first-order chi connectivity index (χ1) is 10.4. The first-order valence-electron chi connectivity index (χ1n) is 7.07. The number of nitrogens with one attached hydrogen (secondary N) is 2. The van der Waals surface area contributed by atoms with E-state index in [2.05, 4.69) is 20.6 Å². The Labute approximate surface area is 126 Å². The Hall–Kier alpha value is -1.61. The molecule has 124 valence electrons. The molecular formula is C13H19F3N4O2. The number of aliphatic hydroxyl groups excluding tert-OH is 1. The number of anilines is 2. The zero-order valence-corrected chi connectivity index (χ0v) is 12.2. The Morgan fingerprint density at radius 3 is 2.82 bits per heavy atom. The average Bonchev–Trinajstić information content (AvgIpc) is 2.97. The van der Waals surface area contributed by atoms with Gasteiger partial charge in [-0.1, -0.05) is 0 Å². The highest BCUT2D eigenvalue weighted by molar-refractivity contribution is 5.43. The van der Waals surface area contributed by atoms with Crippen LogP contribution in [-0.4, -0.2) is 47.0 Å². The molecule has 0 radical (unpaired) electrons. The molecule has 6 nitrogen and oxygen atoms in total. The van der Waals surface area contributed by atoms with Crippen molar-refractivity contribution in [2.75, 3.05) is 30.4 Å². The zero-order chi connectivity index (χ0) is 16.2. The molecule has 1 aromatic rings. The molecule has 0 spiro atoms. The van der Waals surface area contributed by atoms with Crippen molar-refractivity contribution in [2.24, 2.45) is 0 Å². The molecule has 0 aromatic carbocycles. The summed E-state index contributed by atoms with van der Waals surface area (Å²) < 4.78 is 44.1. The summed E-state index contributed by atoms with van der Waals surface area (Å²) in [6.07, 6.45) is -2.76. The van der Waals surface area contributed by atoms with Crippen molar-refractivity contribution in [2.45, 2.75) is 38.1 Å². The first-order valence-corrected chi connectivity index (χ1v) is 7.07. The molecule has 22 heavy (non-hydrogen) atoms. The van der Waals surface area contributed by atoms with E-state index < -0.39 is 17.9 Å². The van der Waals surface area contributed by atoms with Crippen molar-refractivity contribution in [3.8, 4) is 0 Å². The predicted molar refractivity (Wildman–Crippen MR) is 74.7 cm³/mol. The minimum absolute atomic E-state index is 0.0166. The number of alkyl halides is 3. The van der Waals surface area contributed by atoms with Gasteiger partial charge >= 0.3 is 6.18 Å². The number of ether oxygens (including phenoxy) is 1. The fourth-order valence-electron chi connectivity index (χ4n) is 2.04. The van der Waals surface area contributed by atoms with Crippen LogP contribution in [0.25, 0.3) is 0 Å². The molecule has 0 saturated carbocycles. The lowest BCUT2D eigenvalue weighted by Gasteiger charge is -2.16. The summed E-state index contributed by atoms with van der Waals surface area (Å²) in [5.74, 6) is -0.100. The fraction of sp³-hybridized carbons (Fsp3) is 0.692. The molecule has 9 heteroatoms. The van der Waals surface area contributed by atoms with Gasteiger partial charge in [0.05, 0.1) is 12.7 Å². The number of aromatic nitrogens is 2. The van der Waals surface area contributed by atoms with E-state index in [9.17, 15) is 13.2 Å². The number of hydrogen-bond donors (Lipinski definition) is 3. The van der Waals surface area contributed by atoms with Crippen LogP contribution in [-0.2, 0) is 10.9 Å². The third-order valence-corrected chi connectivity index (χ3v) is 3.20. The van der Waals surface area contributed by atoms with Crippen molar-refractivity contribution >= 4 is 11.8 Å². The van der Waals surface area contributed by atoms with Gasteiger partial charge in [-0.25, -0.2) is 4.98 Å². The van der Waals surface area contributed by atoms with Crippen molar-refractivity contribution in [1.29, 1.82) is 0 Å². The lowest BCUT2D eigenvalue weighted by molar-refractivity contribution is -0.141. The first kappa shape index (κ1) is 16.8. The van der Waals surface area contributed by atoms with E-state index in [-0.39, 0.29) is 24.5 Å². The molecule has 2 atom stereocenters. The van der Waals surface area contributed by atoms with Crippen LogP contribution in [0.5, 0.6) is 0 Å². The Morgan fingerprint density at radius 1 is 1.45 bits per heavy atom. The van der Waals surface area contributed by atoms with Crippen molar-refractivity contribution < 1.29 is 23.0 Å². The Kier molecular flexibility index (Phi) is 5.41. The van der Waals surface area contributed by atoms with Gasteiger partial charge in [-0.2, -0.15) is 18.2 Å². The molecule has 1 aliphatic rings. The minimum Gasteiger partial charge on any atom is -0.394 e. The molecular weight excluding hydrogens is 301 g/mol. The predicted octanol–water partition coefficient (Wildman–Crippen LogP) is 1.88. The number of aliphatic hydroxyl groups is 1. The van der Waals surface area contributed by atoms with Crippen LogP contribution in [0.3, 0.4) is 0 Å². The summed E-state index contributed by atoms with van der Waals surface area (Å²) >= 11 is 0. The highest BCUT2D eigenvalue weighted by Crippen LogP contribution is 2.29. The van der Waals surface area contributed by atoms with E-state index in [0.717, 1.165) is 18.9 Å².